The number of H-pyrrole nitrogens is 1. The summed E-state index contributed by atoms with van der Waals surface area (Å²) in [6.45, 7) is 14.5. The molecule has 1 aliphatic rings. The van der Waals surface area contributed by atoms with Gasteiger partial charge in [-0.3, -0.25) is 24.4 Å². The minimum atomic E-state index is -0.638. The average molecular weight is 581 g/mol. The number of pyridine rings is 2. The molecule has 0 aliphatic carbocycles. The van der Waals surface area contributed by atoms with Crippen LogP contribution in [-0.4, -0.2) is 66.2 Å². The maximum absolute atomic E-state index is 17.2. The highest BCUT2D eigenvalue weighted by molar-refractivity contribution is 5.99. The number of fused-ring (bicyclic) bond motifs is 2. The van der Waals surface area contributed by atoms with Gasteiger partial charge in [0.25, 0.3) is 0 Å². The van der Waals surface area contributed by atoms with Crippen molar-refractivity contribution < 1.29 is 9.18 Å². The number of carbonyl (C=O) groups excluding carboxylic acids is 1. The first-order chi connectivity index (χ1) is 20.6. The van der Waals surface area contributed by atoms with Gasteiger partial charge in [-0.25, -0.2) is 9.18 Å². The van der Waals surface area contributed by atoms with Gasteiger partial charge in [-0.1, -0.05) is 26.5 Å². The quantitative estimate of drug-likeness (QED) is 0.297. The third-order valence-electron chi connectivity index (χ3n) is 8.23. The van der Waals surface area contributed by atoms with Crippen LogP contribution < -0.4 is 10.6 Å². The lowest BCUT2D eigenvalue weighted by molar-refractivity contribution is -0.126. The number of hydrogen-bond acceptors (Lipinski definition) is 7. The number of aromatic nitrogens is 6. The van der Waals surface area contributed by atoms with E-state index in [-0.39, 0.29) is 29.1 Å². The monoisotopic (exact) mass is 580 g/mol. The van der Waals surface area contributed by atoms with E-state index in [0.29, 0.717) is 47.8 Å². The molecule has 5 heterocycles. The van der Waals surface area contributed by atoms with Crippen LogP contribution in [0.2, 0.25) is 0 Å². The second-order valence-electron chi connectivity index (χ2n) is 11.4. The summed E-state index contributed by atoms with van der Waals surface area (Å²) < 4.78 is 18.6. The fraction of sp³-hybridized carbons (Fsp3) is 0.312. The zero-order valence-electron chi connectivity index (χ0n) is 24.8. The van der Waals surface area contributed by atoms with Crippen LogP contribution >= 0.6 is 0 Å². The Morgan fingerprint density at radius 3 is 2.63 bits per heavy atom. The van der Waals surface area contributed by atoms with Crippen molar-refractivity contribution >= 4 is 33.5 Å². The molecule has 0 unspecified atom stereocenters. The van der Waals surface area contributed by atoms with Gasteiger partial charge >= 0.3 is 5.69 Å². The predicted molar refractivity (Wildman–Crippen MR) is 165 cm³/mol. The molecule has 4 aromatic heterocycles. The molecule has 11 heteroatoms. The molecule has 1 N–H and O–H groups in total. The molecule has 0 spiro atoms. The number of nitrogens with one attached hydrogen (secondary N) is 1. The molecule has 220 valence electrons. The summed E-state index contributed by atoms with van der Waals surface area (Å²) in [6, 6.07) is 5.39. The number of rotatable bonds is 5. The van der Waals surface area contributed by atoms with E-state index in [1.807, 2.05) is 57.7 Å². The SMILES string of the molecule is C=CC(=O)N1CCN(c2nc(=O)n(-c3c(C)ccnc3C(C)C)c3c(F)c(-c4c(C)ccc5[nH]ncc45)ncc23)[C@@H](C)C1. The Bertz CT molecular complexity index is 1980. The molecule has 5 aromatic rings. The van der Waals surface area contributed by atoms with Gasteiger partial charge in [0.2, 0.25) is 5.91 Å². The molecule has 1 aromatic carbocycles. The molecule has 10 nitrogen and oxygen atoms in total. The van der Waals surface area contributed by atoms with Crippen molar-refractivity contribution in [1.29, 1.82) is 0 Å². The molecule has 1 aliphatic heterocycles. The molecule has 0 radical (unpaired) electrons. The summed E-state index contributed by atoms with van der Waals surface area (Å²) in [7, 11) is 0. The summed E-state index contributed by atoms with van der Waals surface area (Å²) in [5, 5.41) is 8.23. The summed E-state index contributed by atoms with van der Waals surface area (Å²) in [5.74, 6) is -0.508. The van der Waals surface area contributed by atoms with Gasteiger partial charge in [0, 0.05) is 49.0 Å². The van der Waals surface area contributed by atoms with Crippen molar-refractivity contribution in [2.45, 2.75) is 46.6 Å². The van der Waals surface area contributed by atoms with Gasteiger partial charge < -0.3 is 9.80 Å². The normalized spacial score (nSPS) is 15.6. The molecule has 0 saturated carbocycles. The van der Waals surface area contributed by atoms with Gasteiger partial charge in [0.15, 0.2) is 5.82 Å². The van der Waals surface area contributed by atoms with E-state index in [0.717, 1.165) is 22.0 Å². The number of halogens is 1. The summed E-state index contributed by atoms with van der Waals surface area (Å²) >= 11 is 0. The van der Waals surface area contributed by atoms with Crippen LogP contribution in [0.4, 0.5) is 10.2 Å². The van der Waals surface area contributed by atoms with Crippen molar-refractivity contribution in [2.24, 2.45) is 0 Å². The lowest BCUT2D eigenvalue weighted by Gasteiger charge is -2.40. The Labute approximate surface area is 247 Å². The molecule has 6 rings (SSSR count). The number of hydrogen-bond donors (Lipinski definition) is 1. The fourth-order valence-corrected chi connectivity index (χ4v) is 6.08. The summed E-state index contributed by atoms with van der Waals surface area (Å²) in [5.41, 5.74) is 3.68. The van der Waals surface area contributed by atoms with Gasteiger partial charge in [-0.15, -0.1) is 0 Å². The molecule has 1 atom stereocenters. The molecular weight excluding hydrogens is 547 g/mol. The molecule has 43 heavy (non-hydrogen) atoms. The number of piperazine rings is 1. The Balaban J connectivity index is 1.68. The second-order valence-corrected chi connectivity index (χ2v) is 11.4. The average Bonchev–Trinajstić information content (AvgIpc) is 3.46. The number of carbonyl (C=O) groups is 1. The van der Waals surface area contributed by atoms with E-state index in [1.165, 1.54) is 10.6 Å². The zero-order chi connectivity index (χ0) is 30.6. The minimum absolute atomic E-state index is 0.0432. The van der Waals surface area contributed by atoms with Crippen LogP contribution in [0.1, 0.15) is 43.5 Å². The minimum Gasteiger partial charge on any atom is -0.350 e. The Kier molecular flexibility index (Phi) is 7.03. The van der Waals surface area contributed by atoms with E-state index >= 15 is 4.39 Å². The van der Waals surface area contributed by atoms with E-state index in [2.05, 4.69) is 31.7 Å². The lowest BCUT2D eigenvalue weighted by Crippen LogP contribution is -2.54. The number of aryl methyl sites for hydroxylation is 2. The first kappa shape index (κ1) is 28.2. The van der Waals surface area contributed by atoms with Gasteiger partial charge in [-0.2, -0.15) is 10.1 Å². The van der Waals surface area contributed by atoms with E-state index in [4.69, 9.17) is 0 Å². The van der Waals surface area contributed by atoms with E-state index < -0.39 is 11.5 Å². The van der Waals surface area contributed by atoms with Crippen LogP contribution in [0.25, 0.3) is 38.8 Å². The van der Waals surface area contributed by atoms with E-state index in [1.54, 1.807) is 23.5 Å². The number of benzene rings is 1. The first-order valence-electron chi connectivity index (χ1n) is 14.3. The highest BCUT2D eigenvalue weighted by Gasteiger charge is 2.31. The standard InChI is InChI=1S/C32H33FN8O2/c1-7-24(42)39-12-13-40(20(6)16-39)31-22-14-35-28(25-18(4)8-9-23-21(25)15-36-38-23)26(33)30(22)41(32(43)37-31)29-19(5)10-11-34-27(29)17(2)3/h7-11,14-15,17,20H,1,12-13,16H2,2-6H3,(H,36,38)/t20-/m0/s1. The van der Waals surface area contributed by atoms with Crippen LogP contribution in [0.3, 0.4) is 0 Å². The second kappa shape index (κ2) is 10.7. The van der Waals surface area contributed by atoms with Crippen molar-refractivity contribution in [3.05, 3.63) is 82.6 Å². The largest absolute Gasteiger partial charge is 0.354 e. The third-order valence-corrected chi connectivity index (χ3v) is 8.23. The number of nitrogens with zero attached hydrogens (tertiary/aromatic N) is 7. The molecular formula is C32H33FN8O2. The maximum Gasteiger partial charge on any atom is 0.354 e. The van der Waals surface area contributed by atoms with Crippen molar-refractivity contribution in [1.82, 2.24) is 34.6 Å². The van der Waals surface area contributed by atoms with Crippen LogP contribution in [-0.2, 0) is 4.79 Å². The highest BCUT2D eigenvalue weighted by Crippen LogP contribution is 2.37. The van der Waals surface area contributed by atoms with Crippen molar-refractivity contribution in [3.8, 4) is 16.9 Å². The van der Waals surface area contributed by atoms with Crippen molar-refractivity contribution in [3.63, 3.8) is 0 Å². The summed E-state index contributed by atoms with van der Waals surface area (Å²) in [4.78, 5) is 43.9. The Morgan fingerprint density at radius 1 is 1.12 bits per heavy atom. The molecule has 0 bridgehead atoms. The maximum atomic E-state index is 17.2. The topological polar surface area (TPSA) is 113 Å². The van der Waals surface area contributed by atoms with Crippen LogP contribution in [0, 0.1) is 19.7 Å². The highest BCUT2D eigenvalue weighted by atomic mass is 19.1. The molecule has 1 fully saturated rings. The zero-order valence-corrected chi connectivity index (χ0v) is 24.8. The number of amides is 1. The number of anilines is 1. The van der Waals surface area contributed by atoms with Gasteiger partial charge in [0.1, 0.15) is 17.0 Å². The number of aromatic amines is 1. The van der Waals surface area contributed by atoms with Gasteiger partial charge in [-0.05, 0) is 56.0 Å². The van der Waals surface area contributed by atoms with Crippen molar-refractivity contribution in [2.75, 3.05) is 24.5 Å². The smallest absolute Gasteiger partial charge is 0.350 e. The first-order valence-corrected chi connectivity index (χ1v) is 14.3. The third kappa shape index (κ3) is 4.55. The van der Waals surface area contributed by atoms with Gasteiger partial charge in [0.05, 0.1) is 28.5 Å². The fourth-order valence-electron chi connectivity index (χ4n) is 6.08. The Morgan fingerprint density at radius 2 is 1.91 bits per heavy atom. The molecule has 1 amide bonds. The van der Waals surface area contributed by atoms with Crippen LogP contribution in [0.5, 0.6) is 0 Å². The summed E-state index contributed by atoms with van der Waals surface area (Å²) in [6.07, 6.45) is 6.24. The lowest BCUT2D eigenvalue weighted by atomic mass is 9.99. The van der Waals surface area contributed by atoms with E-state index in [9.17, 15) is 9.59 Å². The predicted octanol–water partition coefficient (Wildman–Crippen LogP) is 4.82. The van der Waals surface area contributed by atoms with Crippen LogP contribution in [0.15, 0.2) is 54.2 Å². The Hall–Kier alpha value is -4.93. The molecule has 1 saturated heterocycles.